The monoisotopic (exact) mass is 388 g/mol. The summed E-state index contributed by atoms with van der Waals surface area (Å²) < 4.78 is 1.87. The lowest BCUT2D eigenvalue weighted by Crippen LogP contribution is -2.32. The van der Waals surface area contributed by atoms with Crippen LogP contribution in [0.25, 0.3) is 0 Å². The topological polar surface area (TPSA) is 76.0 Å². The summed E-state index contributed by atoms with van der Waals surface area (Å²) in [5.74, 6) is 0.709. The molecule has 0 unspecified atom stereocenters. The minimum Gasteiger partial charge on any atom is -0.350 e. The first-order valence-electron chi connectivity index (χ1n) is 9.16. The van der Waals surface area contributed by atoms with Crippen molar-refractivity contribution in [2.75, 3.05) is 11.1 Å². The van der Waals surface area contributed by atoms with E-state index < -0.39 is 0 Å². The Hall–Kier alpha value is -2.28. The van der Waals surface area contributed by atoms with Gasteiger partial charge in [0, 0.05) is 36.7 Å². The van der Waals surface area contributed by atoms with E-state index in [1.807, 2.05) is 24.7 Å². The van der Waals surface area contributed by atoms with Gasteiger partial charge in [-0.05, 0) is 49.9 Å². The number of hydrogen-bond acceptors (Lipinski definition) is 4. The first-order valence-corrected chi connectivity index (χ1v) is 10.1. The lowest BCUT2D eigenvalue weighted by Gasteiger charge is -2.15. The van der Waals surface area contributed by atoms with E-state index in [-0.39, 0.29) is 23.6 Å². The predicted molar refractivity (Wildman–Crippen MR) is 110 cm³/mol. The fraction of sp³-hybridized carbons (Fsp3) is 0.450. The molecule has 27 heavy (non-hydrogen) atoms. The van der Waals surface area contributed by atoms with Gasteiger partial charge in [0.2, 0.25) is 5.91 Å². The smallest absolute Gasteiger partial charge is 0.251 e. The van der Waals surface area contributed by atoms with Crippen LogP contribution in [0.1, 0.15) is 44.0 Å². The van der Waals surface area contributed by atoms with Crippen LogP contribution in [0.5, 0.6) is 0 Å². The SMILES string of the molecule is CC(C)CC[C@H](C)NC(=O)c1ccc(NC(=O)CSc2nccn2C)cc1. The number of carbonyl (C=O) groups is 2. The number of imidazole rings is 1. The number of aromatic nitrogens is 2. The van der Waals surface area contributed by atoms with Crippen LogP contribution < -0.4 is 10.6 Å². The zero-order valence-corrected chi connectivity index (χ0v) is 17.2. The summed E-state index contributed by atoms with van der Waals surface area (Å²) in [6, 6.07) is 7.09. The molecular weight excluding hydrogens is 360 g/mol. The highest BCUT2D eigenvalue weighted by Gasteiger charge is 2.11. The van der Waals surface area contributed by atoms with Gasteiger partial charge in [0.25, 0.3) is 5.91 Å². The van der Waals surface area contributed by atoms with Crippen molar-refractivity contribution in [2.45, 2.75) is 44.8 Å². The van der Waals surface area contributed by atoms with Gasteiger partial charge in [-0.3, -0.25) is 9.59 Å². The number of aryl methyl sites for hydroxylation is 1. The van der Waals surface area contributed by atoms with Crippen LogP contribution in [0.15, 0.2) is 41.8 Å². The molecule has 0 spiro atoms. The maximum atomic E-state index is 12.3. The molecule has 146 valence electrons. The van der Waals surface area contributed by atoms with Crippen LogP contribution in [0.4, 0.5) is 5.69 Å². The molecule has 2 aromatic rings. The molecule has 0 saturated heterocycles. The Kier molecular flexibility index (Phi) is 7.91. The number of rotatable bonds is 9. The first kappa shape index (κ1) is 21.0. The normalized spacial score (nSPS) is 12.0. The number of carbonyl (C=O) groups excluding carboxylic acids is 2. The largest absolute Gasteiger partial charge is 0.350 e. The summed E-state index contributed by atoms with van der Waals surface area (Å²) >= 11 is 1.38. The van der Waals surface area contributed by atoms with Crippen molar-refractivity contribution >= 4 is 29.3 Å². The van der Waals surface area contributed by atoms with Gasteiger partial charge >= 0.3 is 0 Å². The standard InChI is InChI=1S/C20H28N4O2S/c1-14(2)5-6-15(3)22-19(26)16-7-9-17(10-8-16)23-18(25)13-27-20-21-11-12-24(20)4/h7-12,14-15H,5-6,13H2,1-4H3,(H,22,26)(H,23,25)/t15-/m0/s1. The van der Waals surface area contributed by atoms with Crippen LogP contribution >= 0.6 is 11.8 Å². The van der Waals surface area contributed by atoms with E-state index >= 15 is 0 Å². The molecule has 0 bridgehead atoms. The highest BCUT2D eigenvalue weighted by molar-refractivity contribution is 7.99. The molecule has 1 heterocycles. The molecule has 0 saturated carbocycles. The fourth-order valence-electron chi connectivity index (χ4n) is 2.49. The quantitative estimate of drug-likeness (QED) is 0.642. The molecule has 0 aliphatic carbocycles. The van der Waals surface area contributed by atoms with Gasteiger partial charge in [0.1, 0.15) is 0 Å². The number of nitrogens with zero attached hydrogens (tertiary/aromatic N) is 2. The van der Waals surface area contributed by atoms with Gasteiger partial charge in [-0.25, -0.2) is 4.98 Å². The van der Waals surface area contributed by atoms with Crippen molar-refractivity contribution in [3.05, 3.63) is 42.2 Å². The number of anilines is 1. The number of amides is 2. The maximum absolute atomic E-state index is 12.3. The predicted octanol–water partition coefficient (Wildman–Crippen LogP) is 3.71. The van der Waals surface area contributed by atoms with Crippen molar-refractivity contribution in [1.82, 2.24) is 14.9 Å². The Morgan fingerprint density at radius 3 is 2.44 bits per heavy atom. The summed E-state index contributed by atoms with van der Waals surface area (Å²) in [5.41, 5.74) is 1.26. The van der Waals surface area contributed by atoms with Crippen molar-refractivity contribution in [2.24, 2.45) is 13.0 Å². The molecular formula is C20H28N4O2S. The van der Waals surface area contributed by atoms with E-state index in [9.17, 15) is 9.59 Å². The zero-order valence-electron chi connectivity index (χ0n) is 16.4. The van der Waals surface area contributed by atoms with E-state index in [1.165, 1.54) is 11.8 Å². The molecule has 2 rings (SSSR count). The van der Waals surface area contributed by atoms with Crippen molar-refractivity contribution in [3.8, 4) is 0 Å². The maximum Gasteiger partial charge on any atom is 0.251 e. The highest BCUT2D eigenvalue weighted by atomic mass is 32.2. The average Bonchev–Trinajstić information content (AvgIpc) is 3.03. The Bertz CT molecular complexity index is 756. The van der Waals surface area contributed by atoms with Crippen LogP contribution in [0.2, 0.25) is 0 Å². The van der Waals surface area contributed by atoms with Gasteiger partial charge in [-0.2, -0.15) is 0 Å². The third kappa shape index (κ3) is 7.09. The van der Waals surface area contributed by atoms with Crippen LogP contribution in [-0.2, 0) is 11.8 Å². The van der Waals surface area contributed by atoms with Gasteiger partial charge in [0.15, 0.2) is 5.16 Å². The van der Waals surface area contributed by atoms with Gasteiger partial charge in [-0.1, -0.05) is 25.6 Å². The molecule has 1 atom stereocenters. The molecule has 1 aromatic heterocycles. The van der Waals surface area contributed by atoms with Gasteiger partial charge in [0.05, 0.1) is 5.75 Å². The molecule has 7 heteroatoms. The van der Waals surface area contributed by atoms with Crippen LogP contribution in [0.3, 0.4) is 0 Å². The molecule has 0 aliphatic rings. The van der Waals surface area contributed by atoms with Crippen molar-refractivity contribution in [1.29, 1.82) is 0 Å². The second-order valence-electron chi connectivity index (χ2n) is 7.08. The minimum atomic E-state index is -0.109. The van der Waals surface area contributed by atoms with Crippen molar-refractivity contribution in [3.63, 3.8) is 0 Å². The second-order valence-corrected chi connectivity index (χ2v) is 8.02. The lowest BCUT2D eigenvalue weighted by atomic mass is 10.0. The van der Waals surface area contributed by atoms with Crippen LogP contribution in [-0.4, -0.2) is 33.2 Å². The summed E-state index contributed by atoms with van der Waals surface area (Å²) in [5, 5.41) is 6.64. The van der Waals surface area contributed by atoms with E-state index in [0.717, 1.165) is 18.0 Å². The molecule has 2 amide bonds. The Morgan fingerprint density at radius 1 is 1.15 bits per heavy atom. The molecule has 6 nitrogen and oxygen atoms in total. The fourth-order valence-corrected chi connectivity index (χ4v) is 3.22. The van der Waals surface area contributed by atoms with E-state index in [4.69, 9.17) is 0 Å². The Morgan fingerprint density at radius 2 is 1.85 bits per heavy atom. The number of hydrogen-bond donors (Lipinski definition) is 2. The number of nitrogens with one attached hydrogen (secondary N) is 2. The van der Waals surface area contributed by atoms with Gasteiger partial charge in [-0.15, -0.1) is 0 Å². The number of benzene rings is 1. The summed E-state index contributed by atoms with van der Waals surface area (Å²) in [7, 11) is 1.89. The summed E-state index contributed by atoms with van der Waals surface area (Å²) in [4.78, 5) is 28.5. The third-order valence-electron chi connectivity index (χ3n) is 4.09. The number of thioether (sulfide) groups is 1. The van der Waals surface area contributed by atoms with Crippen molar-refractivity contribution < 1.29 is 9.59 Å². The zero-order chi connectivity index (χ0) is 19.8. The molecule has 0 radical (unpaired) electrons. The van der Waals surface area contributed by atoms with E-state index in [2.05, 4.69) is 29.5 Å². The van der Waals surface area contributed by atoms with Crippen LogP contribution in [0, 0.1) is 5.92 Å². The second kappa shape index (κ2) is 10.2. The molecule has 0 aliphatic heterocycles. The van der Waals surface area contributed by atoms with E-state index in [1.54, 1.807) is 30.5 Å². The molecule has 2 N–H and O–H groups in total. The average molecular weight is 389 g/mol. The first-order chi connectivity index (χ1) is 12.8. The summed E-state index contributed by atoms with van der Waals surface area (Å²) in [6.07, 6.45) is 5.59. The van der Waals surface area contributed by atoms with Gasteiger partial charge < -0.3 is 15.2 Å². The minimum absolute atomic E-state index is 0.0885. The lowest BCUT2D eigenvalue weighted by molar-refractivity contribution is -0.113. The molecule has 1 aromatic carbocycles. The third-order valence-corrected chi connectivity index (χ3v) is 5.15. The highest BCUT2D eigenvalue weighted by Crippen LogP contribution is 2.16. The van der Waals surface area contributed by atoms with E-state index in [0.29, 0.717) is 17.2 Å². The summed E-state index contributed by atoms with van der Waals surface area (Å²) in [6.45, 7) is 6.38. The molecule has 0 fully saturated rings. The Balaban J connectivity index is 1.80. The Labute approximate surface area is 165 Å².